The van der Waals surface area contributed by atoms with Crippen LogP contribution in [0, 0.1) is 12.3 Å². The number of nitrogen functional groups attached to an aromatic ring is 1. The molecule has 2 heterocycles. The summed E-state index contributed by atoms with van der Waals surface area (Å²) < 4.78 is 24.1. The minimum absolute atomic E-state index is 0.0537. The van der Waals surface area contributed by atoms with E-state index < -0.39 is 13.7 Å². The fourth-order valence-corrected chi connectivity index (χ4v) is 4.95. The lowest BCUT2D eigenvalue weighted by Crippen LogP contribution is -2.25. The van der Waals surface area contributed by atoms with Gasteiger partial charge in [0.15, 0.2) is 5.82 Å². The molecule has 0 saturated heterocycles. The Balaban J connectivity index is 1.73. The van der Waals surface area contributed by atoms with Gasteiger partial charge in [-0.3, -0.25) is 14.6 Å². The van der Waals surface area contributed by atoms with E-state index in [2.05, 4.69) is 17.2 Å². The molecule has 2 aromatic heterocycles. The number of phenols is 1. The van der Waals surface area contributed by atoms with Gasteiger partial charge in [-0.1, -0.05) is 19.4 Å². The first kappa shape index (κ1) is 29.8. The number of phosphoric ester groups is 1. The lowest BCUT2D eigenvalue weighted by atomic mass is 10.1. The zero-order valence-corrected chi connectivity index (χ0v) is 23.4. The molecule has 0 aliphatic carbocycles. The van der Waals surface area contributed by atoms with Crippen molar-refractivity contribution in [1.29, 1.82) is 0 Å². The SMILES string of the molecule is C#CC(=O)NCCOCCc1ccc2nc(N)c3nc(CCCC)n(Cc4cc(O)ccc4OP(=O)(O)O)c3c2c1. The van der Waals surface area contributed by atoms with E-state index in [-0.39, 0.29) is 23.9 Å². The number of hydrogen-bond donors (Lipinski definition) is 5. The maximum absolute atomic E-state index is 11.6. The van der Waals surface area contributed by atoms with E-state index in [0.717, 1.165) is 29.6 Å². The van der Waals surface area contributed by atoms with Gasteiger partial charge < -0.3 is 30.0 Å². The van der Waals surface area contributed by atoms with Crippen molar-refractivity contribution in [1.82, 2.24) is 19.9 Å². The molecule has 0 bridgehead atoms. The van der Waals surface area contributed by atoms with E-state index in [4.69, 9.17) is 26.4 Å². The van der Waals surface area contributed by atoms with Crippen molar-refractivity contribution in [3.63, 3.8) is 0 Å². The van der Waals surface area contributed by atoms with E-state index in [0.29, 0.717) is 54.7 Å². The normalized spacial score (nSPS) is 11.6. The smallest absolute Gasteiger partial charge is 0.508 e. The van der Waals surface area contributed by atoms with Gasteiger partial charge in [-0.25, -0.2) is 14.5 Å². The number of benzene rings is 2. The van der Waals surface area contributed by atoms with Crippen LogP contribution in [0.15, 0.2) is 36.4 Å². The third-order valence-electron chi connectivity index (χ3n) is 6.39. The average Bonchev–Trinajstić information content (AvgIpc) is 3.29. The number of phosphoric acid groups is 1. The number of aromatic nitrogens is 3. The van der Waals surface area contributed by atoms with Crippen molar-refractivity contribution in [2.45, 2.75) is 39.2 Å². The zero-order valence-electron chi connectivity index (χ0n) is 22.5. The molecular formula is C28H32N5O7P. The minimum atomic E-state index is -4.85. The predicted molar refractivity (Wildman–Crippen MR) is 154 cm³/mol. The van der Waals surface area contributed by atoms with Gasteiger partial charge in [-0.2, -0.15) is 0 Å². The fourth-order valence-electron chi connectivity index (χ4n) is 4.51. The number of nitrogens with one attached hydrogen (secondary N) is 1. The van der Waals surface area contributed by atoms with Gasteiger partial charge in [-0.15, -0.1) is 6.42 Å². The first-order valence-electron chi connectivity index (χ1n) is 13.1. The molecule has 13 heteroatoms. The van der Waals surface area contributed by atoms with Gasteiger partial charge >= 0.3 is 7.82 Å². The number of carbonyl (C=O) groups excluding carboxylic acids is 1. The number of imidazole rings is 1. The minimum Gasteiger partial charge on any atom is -0.508 e. The molecule has 6 N–H and O–H groups in total. The van der Waals surface area contributed by atoms with Crippen LogP contribution in [0.4, 0.5) is 5.82 Å². The van der Waals surface area contributed by atoms with Crippen molar-refractivity contribution in [3.8, 4) is 23.8 Å². The summed E-state index contributed by atoms with van der Waals surface area (Å²) in [6.45, 7) is 3.22. The summed E-state index contributed by atoms with van der Waals surface area (Å²) in [4.78, 5) is 39.4. The number of fused-ring (bicyclic) bond motifs is 3. The average molecular weight is 582 g/mol. The van der Waals surface area contributed by atoms with Crippen LogP contribution in [0.3, 0.4) is 0 Å². The summed E-state index contributed by atoms with van der Waals surface area (Å²) in [6, 6.07) is 9.82. The summed E-state index contributed by atoms with van der Waals surface area (Å²) in [5.41, 5.74) is 9.56. The first-order chi connectivity index (χ1) is 19.6. The van der Waals surface area contributed by atoms with Crippen molar-refractivity contribution < 1.29 is 33.5 Å². The quantitative estimate of drug-likeness (QED) is 0.0894. The molecule has 12 nitrogen and oxygen atoms in total. The lowest BCUT2D eigenvalue weighted by molar-refractivity contribution is -0.115. The zero-order chi connectivity index (χ0) is 29.6. The van der Waals surface area contributed by atoms with Gasteiger partial charge in [0, 0.05) is 23.9 Å². The van der Waals surface area contributed by atoms with Crippen LogP contribution < -0.4 is 15.6 Å². The maximum atomic E-state index is 11.6. The Bertz CT molecular complexity index is 1660. The Morgan fingerprint density at radius 3 is 2.71 bits per heavy atom. The predicted octanol–water partition coefficient (Wildman–Crippen LogP) is 3.04. The number of nitrogens with zero attached hydrogens (tertiary/aromatic N) is 3. The molecule has 41 heavy (non-hydrogen) atoms. The number of amides is 1. The molecule has 0 fully saturated rings. The largest absolute Gasteiger partial charge is 0.524 e. The van der Waals surface area contributed by atoms with Crippen LogP contribution in [0.1, 0.15) is 36.7 Å². The number of aryl methyl sites for hydroxylation is 1. The Morgan fingerprint density at radius 1 is 1.17 bits per heavy atom. The number of anilines is 1. The molecule has 0 unspecified atom stereocenters. The number of carbonyl (C=O) groups is 1. The highest BCUT2D eigenvalue weighted by Crippen LogP contribution is 2.41. The number of unbranched alkanes of at least 4 members (excludes halogenated alkanes) is 1. The Hall–Kier alpha value is -4.14. The summed E-state index contributed by atoms with van der Waals surface area (Å²) in [6.07, 6.45) is 8.03. The van der Waals surface area contributed by atoms with Crippen LogP contribution in [0.2, 0.25) is 0 Å². The molecule has 0 aliphatic heterocycles. The highest BCUT2D eigenvalue weighted by atomic mass is 31.2. The van der Waals surface area contributed by atoms with E-state index >= 15 is 0 Å². The second-order valence-electron chi connectivity index (χ2n) is 9.40. The second-order valence-corrected chi connectivity index (χ2v) is 10.6. The first-order valence-corrected chi connectivity index (χ1v) is 14.6. The van der Waals surface area contributed by atoms with E-state index in [9.17, 15) is 24.3 Å². The number of rotatable bonds is 13. The topological polar surface area (TPSA) is 182 Å². The Morgan fingerprint density at radius 2 is 1.98 bits per heavy atom. The lowest BCUT2D eigenvalue weighted by Gasteiger charge is -2.16. The monoisotopic (exact) mass is 581 g/mol. The number of phenolic OH excluding ortho intramolecular Hbond substituents is 1. The van der Waals surface area contributed by atoms with Crippen molar-refractivity contribution in [2.24, 2.45) is 0 Å². The van der Waals surface area contributed by atoms with Crippen LogP contribution in [0.25, 0.3) is 21.9 Å². The highest BCUT2D eigenvalue weighted by molar-refractivity contribution is 7.46. The number of ether oxygens (including phenoxy) is 1. The maximum Gasteiger partial charge on any atom is 0.524 e. The molecule has 4 rings (SSSR count). The second kappa shape index (κ2) is 13.0. The summed E-state index contributed by atoms with van der Waals surface area (Å²) >= 11 is 0. The van der Waals surface area contributed by atoms with Crippen LogP contribution in [-0.2, 0) is 33.5 Å². The van der Waals surface area contributed by atoms with Gasteiger partial charge in [0.05, 0.1) is 30.8 Å². The van der Waals surface area contributed by atoms with Crippen molar-refractivity contribution >= 4 is 41.5 Å². The molecule has 216 valence electrons. The van der Waals surface area contributed by atoms with Crippen LogP contribution >= 0.6 is 7.82 Å². The number of terminal acetylenes is 1. The molecule has 1 amide bonds. The van der Waals surface area contributed by atoms with Gasteiger partial charge in [-0.05, 0) is 54.7 Å². The molecular weight excluding hydrogens is 549 g/mol. The van der Waals surface area contributed by atoms with Crippen LogP contribution in [0.5, 0.6) is 11.5 Å². The molecule has 0 aliphatic rings. The standard InChI is InChI=1S/C28H32N5O7P/c1-3-5-6-24-32-26-27(33(24)17-19-16-20(34)8-10-23(19)40-41(36,37)38)21-15-18(7-9-22(21)31-28(26)29)11-13-39-14-12-30-25(35)4-2/h2,7-10,15-16,34H,3,5-6,11-14,17H2,1H3,(H2,29,31)(H,30,35)(H2,36,37,38). The van der Waals surface area contributed by atoms with Crippen molar-refractivity contribution in [2.75, 3.05) is 25.5 Å². The number of aromatic hydroxyl groups is 1. The third-order valence-corrected chi connectivity index (χ3v) is 6.82. The molecule has 0 saturated carbocycles. The summed E-state index contributed by atoms with van der Waals surface area (Å²) in [5.74, 6) is 2.34. The van der Waals surface area contributed by atoms with E-state index in [1.807, 2.05) is 28.7 Å². The molecule has 4 aromatic rings. The fraction of sp³-hybridized carbons (Fsp3) is 0.321. The summed E-state index contributed by atoms with van der Waals surface area (Å²) in [7, 11) is -4.85. The molecule has 2 aromatic carbocycles. The molecule has 0 atom stereocenters. The van der Waals surface area contributed by atoms with Gasteiger partial charge in [0.25, 0.3) is 5.91 Å². The summed E-state index contributed by atoms with van der Waals surface area (Å²) in [5, 5.41) is 13.5. The Labute approximate surface area is 236 Å². The molecule has 0 radical (unpaired) electrons. The third kappa shape index (κ3) is 7.54. The van der Waals surface area contributed by atoms with Gasteiger partial charge in [0.2, 0.25) is 0 Å². The van der Waals surface area contributed by atoms with Crippen molar-refractivity contribution in [3.05, 3.63) is 53.3 Å². The number of pyridine rings is 1. The number of nitrogens with two attached hydrogens (primary N) is 1. The van der Waals surface area contributed by atoms with E-state index in [1.54, 1.807) is 0 Å². The van der Waals surface area contributed by atoms with Gasteiger partial charge in [0.1, 0.15) is 22.8 Å². The van der Waals surface area contributed by atoms with Crippen LogP contribution in [-0.4, -0.2) is 55.1 Å². The van der Waals surface area contributed by atoms with E-state index in [1.165, 1.54) is 18.2 Å². The highest BCUT2D eigenvalue weighted by Gasteiger charge is 2.22. The molecule has 0 spiro atoms. The number of hydrogen-bond acceptors (Lipinski definition) is 8. The Kier molecular flexibility index (Phi) is 9.47.